The molecule has 32 heavy (non-hydrogen) atoms. The zero-order chi connectivity index (χ0) is 22.9. The molecule has 1 atom stereocenters. The van der Waals surface area contributed by atoms with Gasteiger partial charge in [-0.1, -0.05) is 18.2 Å². The summed E-state index contributed by atoms with van der Waals surface area (Å²) in [6.45, 7) is 1.51. The summed E-state index contributed by atoms with van der Waals surface area (Å²) in [7, 11) is 0. The zero-order valence-electron chi connectivity index (χ0n) is 16.5. The molecule has 0 aliphatic heterocycles. The molecule has 0 aliphatic rings. The Bertz CT molecular complexity index is 1280. The zero-order valence-corrected chi connectivity index (χ0v) is 17.3. The molecule has 2 heterocycles. The highest BCUT2D eigenvalue weighted by Gasteiger charge is 2.31. The minimum absolute atomic E-state index is 0.145. The number of H-pyrrole nitrogens is 1. The van der Waals surface area contributed by atoms with Crippen molar-refractivity contribution in [2.75, 3.05) is 10.6 Å². The van der Waals surface area contributed by atoms with Crippen molar-refractivity contribution in [2.24, 2.45) is 0 Å². The van der Waals surface area contributed by atoms with E-state index in [1.165, 1.54) is 30.4 Å². The Hall–Kier alpha value is -3.73. The van der Waals surface area contributed by atoms with Gasteiger partial charge in [0.05, 0.1) is 28.0 Å². The average molecular weight is 459 g/mol. The highest BCUT2D eigenvalue weighted by molar-refractivity contribution is 7.07. The first-order valence-electron chi connectivity index (χ1n) is 9.38. The number of halogens is 3. The number of benzene rings is 2. The van der Waals surface area contributed by atoms with Gasteiger partial charge >= 0.3 is 6.18 Å². The maximum absolute atomic E-state index is 12.9. The summed E-state index contributed by atoms with van der Waals surface area (Å²) in [6.07, 6.45) is -4.49. The number of amides is 2. The lowest BCUT2D eigenvalue weighted by Crippen LogP contribution is -2.20. The smallest absolute Gasteiger partial charge is 0.324 e. The number of nitrogens with one attached hydrogen (secondary N) is 3. The number of hydrogen-bond donors (Lipinski definition) is 3. The van der Waals surface area contributed by atoms with E-state index < -0.39 is 23.6 Å². The van der Waals surface area contributed by atoms with E-state index in [0.29, 0.717) is 22.4 Å². The molecule has 0 saturated heterocycles. The molecule has 1 unspecified atom stereocenters. The monoisotopic (exact) mass is 459 g/mol. The SMILES string of the molecule is CC(C(=O)Nc1nc2cc(NC(=O)c3cscn3)ccc2[nH]1)c1cccc(C(F)(F)F)c1. The summed E-state index contributed by atoms with van der Waals surface area (Å²) in [6, 6.07) is 9.63. The van der Waals surface area contributed by atoms with Crippen LogP contribution < -0.4 is 10.6 Å². The fourth-order valence-corrected chi connectivity index (χ4v) is 3.56. The Morgan fingerprint density at radius 1 is 1.12 bits per heavy atom. The van der Waals surface area contributed by atoms with E-state index in [9.17, 15) is 22.8 Å². The molecule has 164 valence electrons. The predicted octanol–water partition coefficient (Wildman–Crippen LogP) is 5.03. The standard InChI is InChI=1S/C21H16F3N5O2S/c1-11(12-3-2-4-13(7-12)21(22,23)24)18(30)29-20-27-15-6-5-14(8-16(15)28-20)26-19(31)17-9-32-10-25-17/h2-11H,1H3,(H,26,31)(H2,27,28,29,30). The van der Waals surface area contributed by atoms with E-state index in [4.69, 9.17) is 0 Å². The number of carbonyl (C=O) groups excluding carboxylic acids is 2. The number of thiazole rings is 1. The largest absolute Gasteiger partial charge is 0.416 e. The molecular formula is C21H16F3N5O2S. The van der Waals surface area contributed by atoms with Crippen molar-refractivity contribution in [2.45, 2.75) is 19.0 Å². The lowest BCUT2D eigenvalue weighted by molar-refractivity contribution is -0.137. The van der Waals surface area contributed by atoms with Gasteiger partial charge in [0.2, 0.25) is 11.9 Å². The van der Waals surface area contributed by atoms with Crippen LogP contribution in [0.5, 0.6) is 0 Å². The molecule has 4 aromatic rings. The van der Waals surface area contributed by atoms with E-state index in [-0.39, 0.29) is 17.4 Å². The van der Waals surface area contributed by atoms with Crippen LogP contribution in [-0.4, -0.2) is 26.8 Å². The maximum atomic E-state index is 12.9. The molecule has 2 amide bonds. The fraction of sp³-hybridized carbons (Fsp3) is 0.143. The summed E-state index contributed by atoms with van der Waals surface area (Å²) >= 11 is 1.31. The third-order valence-corrected chi connectivity index (χ3v) is 5.34. The molecule has 0 saturated carbocycles. The van der Waals surface area contributed by atoms with E-state index in [1.54, 1.807) is 29.1 Å². The van der Waals surface area contributed by atoms with Crippen molar-refractivity contribution >= 4 is 45.8 Å². The van der Waals surface area contributed by atoms with Gasteiger partial charge in [0.15, 0.2) is 0 Å². The molecule has 0 bridgehead atoms. The summed E-state index contributed by atoms with van der Waals surface area (Å²) in [5, 5.41) is 6.93. The van der Waals surface area contributed by atoms with Crippen molar-refractivity contribution in [1.82, 2.24) is 15.0 Å². The van der Waals surface area contributed by atoms with E-state index in [1.807, 2.05) is 0 Å². The van der Waals surface area contributed by atoms with Crippen LogP contribution >= 0.6 is 11.3 Å². The number of imidazole rings is 1. The normalized spacial score (nSPS) is 12.5. The van der Waals surface area contributed by atoms with Gasteiger partial charge in [-0.15, -0.1) is 11.3 Å². The summed E-state index contributed by atoms with van der Waals surface area (Å²) in [4.78, 5) is 35.9. The Labute approximate surface area is 183 Å². The Balaban J connectivity index is 1.48. The quantitative estimate of drug-likeness (QED) is 0.390. The first-order chi connectivity index (χ1) is 15.2. The van der Waals surface area contributed by atoms with Crippen LogP contribution in [0.15, 0.2) is 53.4 Å². The molecule has 2 aromatic heterocycles. The number of aromatic amines is 1. The number of carbonyl (C=O) groups is 2. The molecule has 11 heteroatoms. The second-order valence-electron chi connectivity index (χ2n) is 6.98. The van der Waals surface area contributed by atoms with Crippen LogP contribution in [0.25, 0.3) is 11.0 Å². The van der Waals surface area contributed by atoms with Crippen molar-refractivity contribution in [3.63, 3.8) is 0 Å². The van der Waals surface area contributed by atoms with E-state index in [0.717, 1.165) is 12.1 Å². The van der Waals surface area contributed by atoms with Crippen molar-refractivity contribution in [1.29, 1.82) is 0 Å². The summed E-state index contributed by atoms with van der Waals surface area (Å²) in [5.41, 5.74) is 2.87. The maximum Gasteiger partial charge on any atom is 0.416 e. The first kappa shape index (κ1) is 21.5. The van der Waals surface area contributed by atoms with Crippen LogP contribution in [0.1, 0.15) is 34.5 Å². The first-order valence-corrected chi connectivity index (χ1v) is 10.3. The predicted molar refractivity (Wildman–Crippen MR) is 115 cm³/mol. The summed E-state index contributed by atoms with van der Waals surface area (Å²) < 4.78 is 38.8. The number of aromatic nitrogens is 3. The average Bonchev–Trinajstić information content (AvgIpc) is 3.42. The van der Waals surface area contributed by atoms with Gasteiger partial charge in [-0.25, -0.2) is 9.97 Å². The number of rotatable bonds is 5. The topological polar surface area (TPSA) is 99.8 Å². The Morgan fingerprint density at radius 2 is 1.94 bits per heavy atom. The number of anilines is 2. The Morgan fingerprint density at radius 3 is 2.66 bits per heavy atom. The Kier molecular flexibility index (Phi) is 5.66. The van der Waals surface area contributed by atoms with Crippen molar-refractivity contribution in [3.8, 4) is 0 Å². The fourth-order valence-electron chi connectivity index (χ4n) is 3.02. The molecule has 0 aliphatic carbocycles. The number of hydrogen-bond acceptors (Lipinski definition) is 5. The molecule has 4 rings (SSSR count). The van der Waals surface area contributed by atoms with Gasteiger partial charge in [-0.05, 0) is 36.8 Å². The van der Waals surface area contributed by atoms with Gasteiger partial charge in [0.25, 0.3) is 5.91 Å². The lowest BCUT2D eigenvalue weighted by Gasteiger charge is -2.13. The molecule has 0 spiro atoms. The van der Waals surface area contributed by atoms with Gasteiger partial charge in [0.1, 0.15) is 5.69 Å². The van der Waals surface area contributed by atoms with Gasteiger partial charge in [0, 0.05) is 11.1 Å². The summed E-state index contributed by atoms with van der Waals surface area (Å²) in [5.74, 6) is -1.56. The highest BCUT2D eigenvalue weighted by atomic mass is 32.1. The molecule has 0 radical (unpaired) electrons. The number of nitrogens with zero attached hydrogens (tertiary/aromatic N) is 2. The second-order valence-corrected chi connectivity index (χ2v) is 7.70. The van der Waals surface area contributed by atoms with Crippen molar-refractivity contribution < 1.29 is 22.8 Å². The van der Waals surface area contributed by atoms with Crippen LogP contribution in [0.3, 0.4) is 0 Å². The lowest BCUT2D eigenvalue weighted by atomic mass is 9.98. The number of fused-ring (bicyclic) bond motifs is 1. The van der Waals surface area contributed by atoms with Crippen LogP contribution in [-0.2, 0) is 11.0 Å². The second kappa shape index (κ2) is 8.42. The van der Waals surface area contributed by atoms with Crippen LogP contribution in [0.4, 0.5) is 24.8 Å². The van der Waals surface area contributed by atoms with Gasteiger partial charge in [-0.3, -0.25) is 14.9 Å². The number of alkyl halides is 3. The molecule has 3 N–H and O–H groups in total. The van der Waals surface area contributed by atoms with Crippen molar-refractivity contribution in [3.05, 3.63) is 70.2 Å². The third kappa shape index (κ3) is 4.62. The van der Waals surface area contributed by atoms with Crippen LogP contribution in [0.2, 0.25) is 0 Å². The van der Waals surface area contributed by atoms with Gasteiger partial charge < -0.3 is 10.3 Å². The molecular weight excluding hydrogens is 443 g/mol. The minimum Gasteiger partial charge on any atom is -0.324 e. The molecule has 7 nitrogen and oxygen atoms in total. The van der Waals surface area contributed by atoms with E-state index in [2.05, 4.69) is 25.6 Å². The molecule has 2 aromatic carbocycles. The highest BCUT2D eigenvalue weighted by Crippen LogP contribution is 2.31. The van der Waals surface area contributed by atoms with Gasteiger partial charge in [-0.2, -0.15) is 13.2 Å². The van der Waals surface area contributed by atoms with E-state index >= 15 is 0 Å². The minimum atomic E-state index is -4.49. The molecule has 0 fully saturated rings. The third-order valence-electron chi connectivity index (χ3n) is 4.75. The van der Waals surface area contributed by atoms with Crippen LogP contribution in [0, 0.1) is 0 Å².